The lowest BCUT2D eigenvalue weighted by molar-refractivity contribution is 0.599. The van der Waals surface area contributed by atoms with Crippen LogP contribution in [0.15, 0.2) is 71.5 Å². The van der Waals surface area contributed by atoms with E-state index in [9.17, 15) is 16.8 Å². The molecule has 0 fully saturated rings. The zero-order valence-corrected chi connectivity index (χ0v) is 13.4. The van der Waals surface area contributed by atoms with Crippen molar-refractivity contribution < 1.29 is 16.8 Å². The molecule has 0 aliphatic heterocycles. The Bertz CT molecular complexity index is 764. The molecular formula is C16H16O4S2. The Labute approximate surface area is 131 Å². The first kappa shape index (κ1) is 16.5. The van der Waals surface area contributed by atoms with Crippen LogP contribution in [0.4, 0.5) is 0 Å². The maximum atomic E-state index is 11.9. The highest BCUT2D eigenvalue weighted by molar-refractivity contribution is 7.97. The monoisotopic (exact) mass is 336 g/mol. The fourth-order valence-corrected chi connectivity index (χ4v) is 4.74. The van der Waals surface area contributed by atoms with Crippen LogP contribution >= 0.6 is 0 Å². The van der Waals surface area contributed by atoms with Crippen LogP contribution in [0.1, 0.15) is 11.1 Å². The Hall–Kier alpha value is -1.92. The Morgan fingerprint density at radius 2 is 0.909 bits per heavy atom. The van der Waals surface area contributed by atoms with Gasteiger partial charge in [0.15, 0.2) is 19.7 Å². The van der Waals surface area contributed by atoms with E-state index in [1.807, 2.05) is 0 Å². The van der Waals surface area contributed by atoms with Crippen molar-refractivity contribution in [3.8, 4) is 0 Å². The summed E-state index contributed by atoms with van der Waals surface area (Å²) in [7, 11) is -7.24. The van der Waals surface area contributed by atoms with Gasteiger partial charge in [0.2, 0.25) is 0 Å². The zero-order chi connectivity index (χ0) is 16.1. The average molecular weight is 336 g/mol. The SMILES string of the molecule is O=S(=O)(C=CS(=O)(=O)Cc1ccccc1)Cc1ccccc1. The molecular weight excluding hydrogens is 320 g/mol. The smallest absolute Gasteiger partial charge is 0.176 e. The Morgan fingerprint density at radius 3 is 1.23 bits per heavy atom. The average Bonchev–Trinajstić information content (AvgIpc) is 2.47. The topological polar surface area (TPSA) is 68.3 Å². The molecule has 116 valence electrons. The maximum Gasteiger partial charge on any atom is 0.176 e. The van der Waals surface area contributed by atoms with Crippen LogP contribution in [0.5, 0.6) is 0 Å². The van der Waals surface area contributed by atoms with Gasteiger partial charge in [-0.3, -0.25) is 0 Å². The fraction of sp³-hybridized carbons (Fsp3) is 0.125. The molecule has 2 rings (SSSR count). The fourth-order valence-electron chi connectivity index (χ4n) is 1.88. The molecule has 6 heteroatoms. The summed E-state index contributed by atoms with van der Waals surface area (Å²) in [6, 6.07) is 17.3. The Morgan fingerprint density at radius 1 is 0.591 bits per heavy atom. The highest BCUT2D eigenvalue weighted by Crippen LogP contribution is 2.11. The van der Waals surface area contributed by atoms with E-state index in [0.717, 1.165) is 10.8 Å². The molecule has 0 heterocycles. The van der Waals surface area contributed by atoms with Crippen molar-refractivity contribution in [3.05, 3.63) is 82.6 Å². The van der Waals surface area contributed by atoms with Gasteiger partial charge in [0, 0.05) is 10.8 Å². The molecule has 0 aliphatic carbocycles. The molecule has 0 radical (unpaired) electrons. The summed E-state index contributed by atoms with van der Waals surface area (Å²) in [6.07, 6.45) is 0. The molecule has 4 nitrogen and oxygen atoms in total. The Kier molecular flexibility index (Phi) is 5.15. The third kappa shape index (κ3) is 5.46. The number of benzene rings is 2. The summed E-state index contributed by atoms with van der Waals surface area (Å²) in [6.45, 7) is 0. The molecule has 0 spiro atoms. The molecule has 0 aromatic heterocycles. The van der Waals surface area contributed by atoms with Gasteiger partial charge in [-0.05, 0) is 11.1 Å². The highest BCUT2D eigenvalue weighted by Gasteiger charge is 2.12. The summed E-state index contributed by atoms with van der Waals surface area (Å²) >= 11 is 0. The van der Waals surface area contributed by atoms with Gasteiger partial charge in [-0.2, -0.15) is 0 Å². The second-order valence-electron chi connectivity index (χ2n) is 4.86. The zero-order valence-electron chi connectivity index (χ0n) is 11.8. The van der Waals surface area contributed by atoms with Crippen LogP contribution in [0.3, 0.4) is 0 Å². The van der Waals surface area contributed by atoms with E-state index in [0.29, 0.717) is 11.1 Å². The third-order valence-electron chi connectivity index (χ3n) is 2.89. The van der Waals surface area contributed by atoms with Crippen molar-refractivity contribution in [1.29, 1.82) is 0 Å². The summed E-state index contributed by atoms with van der Waals surface area (Å²) < 4.78 is 47.8. The van der Waals surface area contributed by atoms with Crippen LogP contribution in [0.2, 0.25) is 0 Å². The van der Waals surface area contributed by atoms with E-state index >= 15 is 0 Å². The molecule has 0 atom stereocenters. The van der Waals surface area contributed by atoms with Crippen LogP contribution in [-0.2, 0) is 31.2 Å². The van der Waals surface area contributed by atoms with Crippen LogP contribution in [-0.4, -0.2) is 16.8 Å². The minimum Gasteiger partial charge on any atom is -0.224 e. The van der Waals surface area contributed by atoms with Crippen molar-refractivity contribution in [2.24, 2.45) is 0 Å². The molecule has 22 heavy (non-hydrogen) atoms. The van der Waals surface area contributed by atoms with Gasteiger partial charge in [-0.1, -0.05) is 60.7 Å². The molecule has 2 aromatic rings. The Balaban J connectivity index is 2.09. The normalized spacial score (nSPS) is 12.5. The molecule has 0 N–H and O–H groups in total. The van der Waals surface area contributed by atoms with E-state index in [4.69, 9.17) is 0 Å². The lowest BCUT2D eigenvalue weighted by atomic mass is 10.2. The molecule has 2 aromatic carbocycles. The van der Waals surface area contributed by atoms with Gasteiger partial charge in [-0.15, -0.1) is 0 Å². The summed E-state index contributed by atoms with van der Waals surface area (Å²) in [5.74, 6) is -0.434. The van der Waals surface area contributed by atoms with Crippen LogP contribution < -0.4 is 0 Å². The first-order chi connectivity index (χ1) is 10.4. The van der Waals surface area contributed by atoms with E-state index < -0.39 is 19.7 Å². The molecule has 0 aliphatic rings. The first-order valence-electron chi connectivity index (χ1n) is 6.58. The number of rotatable bonds is 6. The van der Waals surface area contributed by atoms with Gasteiger partial charge >= 0.3 is 0 Å². The van der Waals surface area contributed by atoms with Crippen molar-refractivity contribution in [2.45, 2.75) is 11.5 Å². The highest BCUT2D eigenvalue weighted by atomic mass is 32.2. The van der Waals surface area contributed by atoms with Crippen molar-refractivity contribution >= 4 is 19.7 Å². The summed E-state index contributed by atoms with van der Waals surface area (Å²) in [5, 5.41) is 1.55. The van der Waals surface area contributed by atoms with Gasteiger partial charge in [0.25, 0.3) is 0 Å². The third-order valence-corrected chi connectivity index (χ3v) is 5.64. The van der Waals surface area contributed by atoms with E-state index in [1.165, 1.54) is 0 Å². The molecule has 0 bridgehead atoms. The predicted octanol–water partition coefficient (Wildman–Crippen LogP) is 2.69. The minimum atomic E-state index is -3.62. The van der Waals surface area contributed by atoms with Crippen LogP contribution in [0, 0.1) is 0 Å². The van der Waals surface area contributed by atoms with Crippen LogP contribution in [0.25, 0.3) is 0 Å². The van der Waals surface area contributed by atoms with E-state index in [-0.39, 0.29) is 11.5 Å². The van der Waals surface area contributed by atoms with Crippen molar-refractivity contribution in [1.82, 2.24) is 0 Å². The maximum absolute atomic E-state index is 11.9. The second-order valence-corrected chi connectivity index (χ2v) is 8.63. The number of hydrogen-bond donors (Lipinski definition) is 0. The standard InChI is InChI=1S/C16H16O4S2/c17-21(18,13-15-7-3-1-4-8-15)11-12-22(19,20)14-16-9-5-2-6-10-16/h1-12H,13-14H2. The largest absolute Gasteiger partial charge is 0.224 e. The number of sulfone groups is 2. The van der Waals surface area contributed by atoms with Gasteiger partial charge in [0.05, 0.1) is 11.5 Å². The van der Waals surface area contributed by atoms with Gasteiger partial charge in [-0.25, -0.2) is 16.8 Å². The van der Waals surface area contributed by atoms with E-state index in [2.05, 4.69) is 0 Å². The van der Waals surface area contributed by atoms with E-state index in [1.54, 1.807) is 60.7 Å². The number of hydrogen-bond acceptors (Lipinski definition) is 4. The predicted molar refractivity (Wildman–Crippen MR) is 87.3 cm³/mol. The lowest BCUT2D eigenvalue weighted by Gasteiger charge is -2.01. The first-order valence-corrected chi connectivity index (χ1v) is 10.0. The summed E-state index contributed by atoms with van der Waals surface area (Å²) in [5.41, 5.74) is 1.24. The van der Waals surface area contributed by atoms with Gasteiger partial charge < -0.3 is 0 Å². The van der Waals surface area contributed by atoms with Crippen molar-refractivity contribution in [3.63, 3.8) is 0 Å². The second kappa shape index (κ2) is 6.89. The molecule has 0 unspecified atom stereocenters. The molecule has 0 saturated heterocycles. The minimum absolute atomic E-state index is 0.217. The quantitative estimate of drug-likeness (QED) is 0.813. The molecule has 0 amide bonds. The van der Waals surface area contributed by atoms with Gasteiger partial charge in [0.1, 0.15) is 0 Å². The summed E-state index contributed by atoms with van der Waals surface area (Å²) in [4.78, 5) is 0. The molecule has 0 saturated carbocycles. The van der Waals surface area contributed by atoms with Crippen molar-refractivity contribution in [2.75, 3.05) is 0 Å². The lowest BCUT2D eigenvalue weighted by Crippen LogP contribution is -2.04.